The zero-order valence-corrected chi connectivity index (χ0v) is 32.1. The van der Waals surface area contributed by atoms with Crippen LogP contribution in [0.4, 0.5) is 0 Å². The highest BCUT2D eigenvalue weighted by molar-refractivity contribution is 9.11. The number of rotatable bonds is 16. The van der Waals surface area contributed by atoms with Gasteiger partial charge >= 0.3 is 0 Å². The van der Waals surface area contributed by atoms with Crippen molar-refractivity contribution in [2.75, 3.05) is 26.4 Å². The van der Waals surface area contributed by atoms with Crippen molar-refractivity contribution >= 4 is 52.1 Å². The Kier molecular flexibility index (Phi) is 13.7. The minimum Gasteiger partial charge on any atom is -0.492 e. The molecule has 0 fully saturated rings. The lowest BCUT2D eigenvalue weighted by Crippen LogP contribution is -2.18. The van der Waals surface area contributed by atoms with Crippen LogP contribution in [0.2, 0.25) is 0 Å². The summed E-state index contributed by atoms with van der Waals surface area (Å²) >= 11 is 7.13. The van der Waals surface area contributed by atoms with Gasteiger partial charge in [0.2, 0.25) is 0 Å². The predicted octanol–water partition coefficient (Wildman–Crippen LogP) is 8.74. The second-order valence-corrected chi connectivity index (χ2v) is 18.4. The molecule has 46 heavy (non-hydrogen) atoms. The zero-order chi connectivity index (χ0) is 34.2. The van der Waals surface area contributed by atoms with Gasteiger partial charge in [-0.3, -0.25) is 8.37 Å². The van der Waals surface area contributed by atoms with Gasteiger partial charge in [0, 0.05) is 0 Å². The van der Waals surface area contributed by atoms with E-state index in [9.17, 15) is 16.8 Å². The van der Waals surface area contributed by atoms with Crippen LogP contribution >= 0.6 is 31.9 Å². The second kappa shape index (κ2) is 16.4. The number of hydrogen-bond acceptors (Lipinski definition) is 8. The van der Waals surface area contributed by atoms with E-state index in [0.29, 0.717) is 24.7 Å². The Morgan fingerprint density at radius 3 is 1.20 bits per heavy atom. The molecule has 0 radical (unpaired) electrons. The third-order valence-electron chi connectivity index (χ3n) is 6.44. The molecule has 3 rings (SSSR count). The highest BCUT2D eigenvalue weighted by Crippen LogP contribution is 2.36. The molecule has 0 unspecified atom stereocenters. The van der Waals surface area contributed by atoms with Crippen LogP contribution < -0.4 is 9.47 Å². The molecule has 0 N–H and O–H groups in total. The van der Waals surface area contributed by atoms with Gasteiger partial charge in [0.1, 0.15) is 11.5 Å². The maximum absolute atomic E-state index is 12.4. The van der Waals surface area contributed by atoms with Crippen molar-refractivity contribution < 1.29 is 34.7 Å². The van der Waals surface area contributed by atoms with Gasteiger partial charge in [-0.1, -0.05) is 65.8 Å². The first kappa shape index (κ1) is 38.5. The Labute approximate surface area is 291 Å². The van der Waals surface area contributed by atoms with Crippen molar-refractivity contribution in [3.05, 3.63) is 80.7 Å². The van der Waals surface area contributed by atoms with Crippen LogP contribution in [-0.2, 0) is 41.4 Å². The third kappa shape index (κ3) is 12.9. The van der Waals surface area contributed by atoms with Gasteiger partial charge in [0.05, 0.1) is 45.2 Å². The average Bonchev–Trinajstić information content (AvgIpc) is 2.97. The zero-order valence-electron chi connectivity index (χ0n) is 27.3. The van der Waals surface area contributed by atoms with Gasteiger partial charge in [-0.15, -0.1) is 0 Å². The van der Waals surface area contributed by atoms with Crippen molar-refractivity contribution in [2.45, 2.75) is 77.0 Å². The highest BCUT2D eigenvalue weighted by Gasteiger charge is 2.21. The largest absolute Gasteiger partial charge is 0.492 e. The van der Waals surface area contributed by atoms with Crippen LogP contribution in [0, 0.1) is 10.8 Å². The second-order valence-electron chi connectivity index (χ2n) is 13.5. The van der Waals surface area contributed by atoms with E-state index in [1.807, 2.05) is 53.7 Å². The molecule has 0 aliphatic rings. The van der Waals surface area contributed by atoms with E-state index in [2.05, 4.69) is 31.9 Å². The quantitative estimate of drug-likeness (QED) is 0.105. The molecule has 254 valence electrons. The van der Waals surface area contributed by atoms with Crippen LogP contribution in [0.25, 0.3) is 0 Å². The molecule has 0 atom stereocenters. The molecule has 0 aromatic heterocycles. The topological polar surface area (TPSA) is 105 Å². The number of halogens is 2. The lowest BCUT2D eigenvalue weighted by atomic mass is 9.99. The minimum absolute atomic E-state index is 0.120. The fourth-order valence-electron chi connectivity index (χ4n) is 3.94. The first-order chi connectivity index (χ1) is 21.3. The van der Waals surface area contributed by atoms with Gasteiger partial charge in [-0.2, -0.15) is 16.8 Å². The highest BCUT2D eigenvalue weighted by atomic mass is 79.9. The molecule has 0 amide bonds. The van der Waals surface area contributed by atoms with Crippen LogP contribution in [0.5, 0.6) is 11.5 Å². The molecule has 3 aromatic carbocycles. The first-order valence-corrected chi connectivity index (χ1v) is 19.5. The lowest BCUT2D eigenvalue weighted by Gasteiger charge is -2.17. The van der Waals surface area contributed by atoms with Gasteiger partial charge in [-0.05, 0) is 116 Å². The van der Waals surface area contributed by atoms with E-state index >= 15 is 0 Å². The summed E-state index contributed by atoms with van der Waals surface area (Å²) in [6.07, 6.45) is 2.94. The van der Waals surface area contributed by atoms with Crippen molar-refractivity contribution in [1.82, 2.24) is 0 Å². The summed E-state index contributed by atoms with van der Waals surface area (Å²) in [5.74, 6) is 1.36. The van der Waals surface area contributed by atoms with Crippen LogP contribution in [0.15, 0.2) is 79.4 Å². The van der Waals surface area contributed by atoms with Gasteiger partial charge < -0.3 is 9.47 Å². The van der Waals surface area contributed by atoms with E-state index in [-0.39, 0.29) is 33.8 Å². The molecule has 0 aliphatic heterocycles. The summed E-state index contributed by atoms with van der Waals surface area (Å²) in [6, 6.07) is 17.2. The number of ether oxygens (including phenoxy) is 2. The van der Waals surface area contributed by atoms with E-state index in [1.54, 1.807) is 48.5 Å². The first-order valence-electron chi connectivity index (χ1n) is 15.1. The molecule has 8 nitrogen and oxygen atoms in total. The third-order valence-corrected chi connectivity index (χ3v) is 10.2. The summed E-state index contributed by atoms with van der Waals surface area (Å²) in [5.41, 5.74) is 1.51. The summed E-state index contributed by atoms with van der Waals surface area (Å²) in [7, 11) is -7.56. The van der Waals surface area contributed by atoms with Gasteiger partial charge in [0.25, 0.3) is 20.2 Å². The Morgan fingerprint density at radius 1 is 0.565 bits per heavy atom. The van der Waals surface area contributed by atoms with Crippen molar-refractivity contribution in [1.29, 1.82) is 0 Å². The van der Waals surface area contributed by atoms with Gasteiger partial charge in [-0.25, -0.2) is 0 Å². The van der Waals surface area contributed by atoms with Crippen LogP contribution in [0.3, 0.4) is 0 Å². The van der Waals surface area contributed by atoms with Crippen molar-refractivity contribution in [2.24, 2.45) is 10.8 Å². The van der Waals surface area contributed by atoms with Gasteiger partial charge in [0.15, 0.2) is 0 Å². The lowest BCUT2D eigenvalue weighted by molar-refractivity contribution is 0.203. The normalized spacial score (nSPS) is 12.7. The van der Waals surface area contributed by atoms with E-state index < -0.39 is 20.2 Å². The van der Waals surface area contributed by atoms with Crippen LogP contribution in [0.1, 0.15) is 65.5 Å². The summed E-state index contributed by atoms with van der Waals surface area (Å²) < 4.78 is 73.5. The molecule has 0 saturated heterocycles. The van der Waals surface area contributed by atoms with E-state index in [0.717, 1.165) is 45.8 Å². The SMILES string of the molecule is CC(C)(C)COS(=O)(=O)c1ccc(CCCOc2cc(Br)c(OCCCc3ccc(S(=O)(=O)OCC(C)(C)C)cc3)cc2Br)cc1. The van der Waals surface area contributed by atoms with Crippen molar-refractivity contribution in [3.63, 3.8) is 0 Å². The molecular weight excluding hydrogens is 760 g/mol. The maximum Gasteiger partial charge on any atom is 0.296 e. The Morgan fingerprint density at radius 2 is 0.891 bits per heavy atom. The average molecular weight is 805 g/mol. The standard InChI is InChI=1S/C34H44Br2O8S2/c1-33(2,3)23-43-45(37,38)27-15-11-25(12-16-27)9-7-19-41-31-21-30(36)32(22-29(31)35)42-20-8-10-26-13-17-28(18-14-26)46(39,40)44-24-34(4,5)6/h11-18,21-22H,7-10,19-20,23-24H2,1-6H3. The summed E-state index contributed by atoms with van der Waals surface area (Å²) in [6.45, 7) is 12.7. The molecule has 0 aliphatic carbocycles. The molecule has 3 aromatic rings. The van der Waals surface area contributed by atoms with Crippen molar-refractivity contribution in [3.8, 4) is 11.5 Å². The smallest absolute Gasteiger partial charge is 0.296 e. The Balaban J connectivity index is 1.42. The Bertz CT molecular complexity index is 1520. The maximum atomic E-state index is 12.4. The Hall–Kier alpha value is -1.96. The predicted molar refractivity (Wildman–Crippen MR) is 188 cm³/mol. The molecule has 12 heteroatoms. The fraction of sp³-hybridized carbons (Fsp3) is 0.471. The molecule has 0 saturated carbocycles. The number of aryl methyl sites for hydroxylation is 2. The summed E-state index contributed by atoms with van der Waals surface area (Å²) in [4.78, 5) is 0.300. The monoisotopic (exact) mass is 802 g/mol. The fourth-order valence-corrected chi connectivity index (χ4v) is 7.04. The molecule has 0 heterocycles. The molecule has 0 bridgehead atoms. The van der Waals surface area contributed by atoms with Crippen LogP contribution in [-0.4, -0.2) is 43.3 Å². The number of hydrogen-bond donors (Lipinski definition) is 0. The van der Waals surface area contributed by atoms with E-state index in [1.165, 1.54) is 0 Å². The van der Waals surface area contributed by atoms with E-state index in [4.69, 9.17) is 17.8 Å². The molecule has 0 spiro atoms. The molecular formula is C34H44Br2O8S2. The number of benzene rings is 3. The summed E-state index contributed by atoms with van der Waals surface area (Å²) in [5, 5.41) is 0. The minimum atomic E-state index is -3.78.